The maximum absolute atomic E-state index is 13.5. The van der Waals surface area contributed by atoms with Gasteiger partial charge in [-0.15, -0.1) is 0 Å². The van der Waals surface area contributed by atoms with E-state index < -0.39 is 23.3 Å². The van der Waals surface area contributed by atoms with Gasteiger partial charge in [-0.05, 0) is 58.4 Å². The second-order valence-corrected chi connectivity index (χ2v) is 8.39. The van der Waals surface area contributed by atoms with Gasteiger partial charge >= 0.3 is 5.97 Å². The minimum Gasteiger partial charge on any atom is -0.496 e. The predicted octanol–water partition coefficient (Wildman–Crippen LogP) is 4.00. The van der Waals surface area contributed by atoms with Gasteiger partial charge in [-0.2, -0.15) is 0 Å². The fraction of sp³-hybridized carbons (Fsp3) is 0.400. The molecule has 32 heavy (non-hydrogen) atoms. The zero-order chi connectivity index (χ0) is 24.1. The fourth-order valence-corrected chi connectivity index (χ4v) is 3.54. The number of hydrogen-bond donors (Lipinski definition) is 1. The Hall–Kier alpha value is -3.35. The summed E-state index contributed by atoms with van der Waals surface area (Å²) in [6.07, 6.45) is 0.578. The van der Waals surface area contributed by atoms with Crippen LogP contribution in [0.1, 0.15) is 65.1 Å². The molecule has 0 aromatic heterocycles. The van der Waals surface area contributed by atoms with E-state index in [2.05, 4.69) is 5.43 Å². The van der Waals surface area contributed by atoms with Gasteiger partial charge in [-0.25, -0.2) is 5.01 Å². The Labute approximate surface area is 189 Å². The van der Waals surface area contributed by atoms with E-state index in [9.17, 15) is 14.4 Å². The van der Waals surface area contributed by atoms with Crippen LogP contribution in [0.2, 0.25) is 0 Å². The van der Waals surface area contributed by atoms with Crippen LogP contribution in [-0.4, -0.2) is 42.0 Å². The van der Waals surface area contributed by atoms with Gasteiger partial charge < -0.3 is 9.47 Å². The molecule has 0 aliphatic carbocycles. The van der Waals surface area contributed by atoms with Gasteiger partial charge in [-0.3, -0.25) is 19.8 Å². The van der Waals surface area contributed by atoms with Gasteiger partial charge in [0.2, 0.25) is 0 Å². The lowest BCUT2D eigenvalue weighted by Crippen LogP contribution is -2.59. The summed E-state index contributed by atoms with van der Waals surface area (Å²) >= 11 is 0. The largest absolute Gasteiger partial charge is 0.496 e. The summed E-state index contributed by atoms with van der Waals surface area (Å²) < 4.78 is 10.6. The first-order chi connectivity index (χ1) is 15.0. The number of aryl methyl sites for hydroxylation is 2. The topological polar surface area (TPSA) is 84.9 Å². The quantitative estimate of drug-likeness (QED) is 0.520. The molecule has 2 amide bonds. The summed E-state index contributed by atoms with van der Waals surface area (Å²) in [5.41, 5.74) is 5.19. The van der Waals surface area contributed by atoms with E-state index in [1.54, 1.807) is 51.3 Å². The van der Waals surface area contributed by atoms with Crippen LogP contribution < -0.4 is 10.2 Å². The van der Waals surface area contributed by atoms with Crippen LogP contribution in [0.5, 0.6) is 5.75 Å². The molecule has 0 aliphatic rings. The van der Waals surface area contributed by atoms with Crippen molar-refractivity contribution >= 4 is 17.8 Å². The number of methoxy groups -OCH3 is 1. The number of rotatable bonds is 7. The number of ether oxygens (including phenoxy) is 2. The monoisotopic (exact) mass is 440 g/mol. The van der Waals surface area contributed by atoms with E-state index in [4.69, 9.17) is 9.47 Å². The number of amides is 2. The molecule has 0 saturated heterocycles. The van der Waals surface area contributed by atoms with E-state index in [1.165, 1.54) is 11.9 Å². The summed E-state index contributed by atoms with van der Waals surface area (Å²) in [6.45, 7) is 10.4. The lowest BCUT2D eigenvalue weighted by molar-refractivity contribution is -0.144. The first-order valence-electron chi connectivity index (χ1n) is 10.5. The third-order valence-corrected chi connectivity index (χ3v) is 5.07. The number of hydrazine groups is 1. The third-order valence-electron chi connectivity index (χ3n) is 5.07. The molecule has 7 nitrogen and oxygen atoms in total. The highest BCUT2D eigenvalue weighted by molar-refractivity contribution is 6.00. The van der Waals surface area contributed by atoms with Gasteiger partial charge in [-0.1, -0.05) is 30.2 Å². The molecule has 1 N–H and O–H groups in total. The highest BCUT2D eigenvalue weighted by Gasteiger charge is 2.35. The summed E-state index contributed by atoms with van der Waals surface area (Å²) in [5.74, 6) is -0.714. The number of esters is 1. The normalized spacial score (nSPS) is 11.0. The maximum Gasteiger partial charge on any atom is 0.302 e. The van der Waals surface area contributed by atoms with Gasteiger partial charge in [0.1, 0.15) is 12.4 Å². The van der Waals surface area contributed by atoms with Crippen molar-refractivity contribution in [2.75, 3.05) is 13.7 Å². The minimum atomic E-state index is -1.01. The molecule has 0 fully saturated rings. The molecule has 2 rings (SSSR count). The molecule has 0 saturated carbocycles. The molecule has 172 valence electrons. The molecule has 0 spiro atoms. The first-order valence-corrected chi connectivity index (χ1v) is 10.5. The summed E-state index contributed by atoms with van der Waals surface area (Å²) in [4.78, 5) is 38.2. The molecule has 0 heterocycles. The third kappa shape index (κ3) is 5.87. The standard InChI is InChI=1S/C25H32N2O5/c1-8-20-21(10-9-11-22(20)31-7)23(29)26-27(25(5,6)15-32-18(4)28)24(30)19-13-16(2)12-17(3)14-19/h9-14H,8,15H2,1-7H3,(H,26,29). The van der Waals surface area contributed by atoms with Crippen LogP contribution in [0.4, 0.5) is 0 Å². The maximum atomic E-state index is 13.5. The van der Waals surface area contributed by atoms with Crippen LogP contribution in [0.15, 0.2) is 36.4 Å². The molecule has 0 bridgehead atoms. The number of nitrogens with zero attached hydrogens (tertiary/aromatic N) is 1. The van der Waals surface area contributed by atoms with Crippen molar-refractivity contribution < 1.29 is 23.9 Å². The number of benzene rings is 2. The van der Waals surface area contributed by atoms with Crippen molar-refractivity contribution in [3.8, 4) is 5.75 Å². The Morgan fingerprint density at radius 3 is 2.22 bits per heavy atom. The Balaban J connectivity index is 2.48. The van der Waals surface area contributed by atoms with E-state index in [-0.39, 0.29) is 6.61 Å². The Bertz CT molecular complexity index is 993. The van der Waals surface area contributed by atoms with Crippen molar-refractivity contribution in [2.45, 2.75) is 53.5 Å². The predicted molar refractivity (Wildman–Crippen MR) is 123 cm³/mol. The minimum absolute atomic E-state index is 0.0854. The Morgan fingerprint density at radius 2 is 1.69 bits per heavy atom. The summed E-state index contributed by atoms with van der Waals surface area (Å²) in [5, 5.41) is 1.24. The molecule has 0 atom stereocenters. The first kappa shape index (κ1) is 24.9. The number of hydrogen-bond acceptors (Lipinski definition) is 5. The number of nitrogens with one attached hydrogen (secondary N) is 1. The van der Waals surface area contributed by atoms with Gasteiger partial charge in [0.25, 0.3) is 11.8 Å². The molecule has 7 heteroatoms. The summed E-state index contributed by atoms with van der Waals surface area (Å²) in [6, 6.07) is 10.7. The van der Waals surface area contributed by atoms with Crippen LogP contribution >= 0.6 is 0 Å². The number of carbonyl (C=O) groups is 3. The Morgan fingerprint density at radius 1 is 1.06 bits per heavy atom. The van der Waals surface area contributed by atoms with Crippen LogP contribution in [0.3, 0.4) is 0 Å². The van der Waals surface area contributed by atoms with Crippen molar-refractivity contribution in [1.29, 1.82) is 0 Å². The van der Waals surface area contributed by atoms with Crippen LogP contribution in [0, 0.1) is 13.8 Å². The molecule has 2 aromatic carbocycles. The smallest absolute Gasteiger partial charge is 0.302 e. The van der Waals surface area contributed by atoms with E-state index >= 15 is 0 Å². The lowest BCUT2D eigenvalue weighted by Gasteiger charge is -2.38. The van der Waals surface area contributed by atoms with Gasteiger partial charge in [0.05, 0.1) is 12.6 Å². The van der Waals surface area contributed by atoms with Crippen molar-refractivity contribution in [1.82, 2.24) is 10.4 Å². The van der Waals surface area contributed by atoms with Crippen LogP contribution in [-0.2, 0) is 16.0 Å². The van der Waals surface area contributed by atoms with Crippen molar-refractivity contribution in [3.05, 3.63) is 64.2 Å². The van der Waals surface area contributed by atoms with E-state index in [0.717, 1.165) is 16.7 Å². The highest BCUT2D eigenvalue weighted by Crippen LogP contribution is 2.24. The van der Waals surface area contributed by atoms with Gasteiger partial charge in [0, 0.05) is 23.6 Å². The molecule has 0 unspecified atom stereocenters. The highest BCUT2D eigenvalue weighted by atomic mass is 16.5. The van der Waals surface area contributed by atoms with Crippen LogP contribution in [0.25, 0.3) is 0 Å². The SMILES string of the molecule is CCc1c(OC)cccc1C(=O)NN(C(=O)c1cc(C)cc(C)c1)C(C)(C)COC(C)=O. The molecular weight excluding hydrogens is 408 g/mol. The van der Waals surface area contributed by atoms with Gasteiger partial charge in [0.15, 0.2) is 0 Å². The average Bonchev–Trinajstić information content (AvgIpc) is 2.73. The molecular formula is C25H32N2O5. The zero-order valence-electron chi connectivity index (χ0n) is 19.9. The summed E-state index contributed by atoms with van der Waals surface area (Å²) in [7, 11) is 1.55. The second-order valence-electron chi connectivity index (χ2n) is 8.39. The Kier molecular flexibility index (Phi) is 8.02. The average molecular weight is 441 g/mol. The van der Waals surface area contributed by atoms with E-state index in [0.29, 0.717) is 23.3 Å². The van der Waals surface area contributed by atoms with Crippen molar-refractivity contribution in [2.24, 2.45) is 0 Å². The van der Waals surface area contributed by atoms with E-state index in [1.807, 2.05) is 26.8 Å². The van der Waals surface area contributed by atoms with Crippen molar-refractivity contribution in [3.63, 3.8) is 0 Å². The molecule has 0 aliphatic heterocycles. The fourth-order valence-electron chi connectivity index (χ4n) is 3.54. The molecule has 0 radical (unpaired) electrons. The second kappa shape index (κ2) is 10.3. The lowest BCUT2D eigenvalue weighted by atomic mass is 10.0. The molecule has 2 aromatic rings. The number of carbonyl (C=O) groups excluding carboxylic acids is 3. The zero-order valence-corrected chi connectivity index (χ0v) is 19.9.